The number of carbonyl (C=O) groups is 4. The first-order valence-corrected chi connectivity index (χ1v) is 16.6. The van der Waals surface area contributed by atoms with Crippen molar-refractivity contribution in [2.24, 2.45) is 0 Å². The highest BCUT2D eigenvalue weighted by molar-refractivity contribution is 5.94. The summed E-state index contributed by atoms with van der Waals surface area (Å²) in [4.78, 5) is 48.2. The molecule has 0 fully saturated rings. The molecule has 4 N–H and O–H groups in total. The number of hydrogen-bond acceptors (Lipinski definition) is 8. The Kier molecular flexibility index (Phi) is 29.2. The smallest absolute Gasteiger partial charge is 0.330 e. The fraction of sp³-hybridized carbons (Fsp3) is 0.514. The summed E-state index contributed by atoms with van der Waals surface area (Å²) in [5.74, 6) is -2.04. The first-order chi connectivity index (χ1) is 22.9. The molecule has 0 aromatic heterocycles. The molecule has 0 heterocycles. The average molecular weight is 657 g/mol. The Bertz CT molecular complexity index is 1070. The van der Waals surface area contributed by atoms with Gasteiger partial charge in [-0.05, 0) is 71.1 Å². The second kappa shape index (κ2) is 31.9. The maximum atomic E-state index is 12.6. The van der Waals surface area contributed by atoms with E-state index < -0.39 is 43.3 Å². The van der Waals surface area contributed by atoms with E-state index in [0.717, 1.165) is 50.7 Å². The lowest BCUT2D eigenvalue weighted by Gasteiger charge is -2.19. The minimum atomic E-state index is -0.957. The van der Waals surface area contributed by atoms with Crippen molar-refractivity contribution in [3.63, 3.8) is 0 Å². The van der Waals surface area contributed by atoms with Crippen molar-refractivity contribution in [2.45, 2.75) is 103 Å². The van der Waals surface area contributed by atoms with Crippen molar-refractivity contribution in [3.8, 4) is 0 Å². The van der Waals surface area contributed by atoms with Gasteiger partial charge in [0.1, 0.15) is 12.3 Å². The molecule has 10 heteroatoms. The molecule has 10 nitrogen and oxygen atoms in total. The van der Waals surface area contributed by atoms with Crippen LogP contribution in [0, 0.1) is 0 Å². The molecule has 1 atom stereocenters. The fourth-order valence-electron chi connectivity index (χ4n) is 3.85. The van der Waals surface area contributed by atoms with E-state index >= 15 is 0 Å². The number of nitrogens with one attached hydrogen (secondary N) is 2. The van der Waals surface area contributed by atoms with Crippen molar-refractivity contribution in [1.29, 1.82) is 0 Å². The number of carbonyl (C=O) groups excluding carboxylic acids is 4. The lowest BCUT2D eigenvalue weighted by molar-refractivity contribution is -0.153. The predicted octanol–water partition coefficient (Wildman–Crippen LogP) is 5.60. The molecular weight excluding hydrogens is 600 g/mol. The number of rotatable bonds is 27. The highest BCUT2D eigenvalue weighted by atomic mass is 16.6. The third-order valence-corrected chi connectivity index (χ3v) is 6.27. The largest absolute Gasteiger partial charge is 0.463 e. The SMILES string of the molecule is CCC=CCC=CCC=CCC=CCC=CCC=CCCC(=O)NC(CCCCC(=O)OC(CO)CO)NC(=O)C=CC(=O)OCC. The summed E-state index contributed by atoms with van der Waals surface area (Å²) in [5, 5.41) is 23.5. The standard InChI is InChI=1S/C37H56N2O8/c1-3-5-6-7-8-9-10-11-12-13-14-15-16-17-18-19-20-21-22-26-34(42)38-33(39-35(43)28-29-36(44)46-4-2)25-23-24-27-37(45)47-32(30-40)31-41/h5-6,8-9,11-12,14-15,17-18,20-21,28-29,32-33,40-41H,3-4,7,10,13,16,19,22-27,30-31H2,1-2H3,(H,38,42)(H,39,43). The molecule has 262 valence electrons. The third-order valence-electron chi connectivity index (χ3n) is 6.27. The van der Waals surface area contributed by atoms with Crippen LogP contribution in [0.3, 0.4) is 0 Å². The van der Waals surface area contributed by atoms with E-state index in [-0.39, 0.29) is 25.4 Å². The summed E-state index contributed by atoms with van der Waals surface area (Å²) in [5.41, 5.74) is 0. The van der Waals surface area contributed by atoms with Crippen LogP contribution in [0.25, 0.3) is 0 Å². The molecule has 0 aliphatic heterocycles. The molecule has 0 aromatic rings. The Balaban J connectivity index is 4.49. The van der Waals surface area contributed by atoms with Gasteiger partial charge in [0, 0.05) is 25.0 Å². The lowest BCUT2D eigenvalue weighted by Crippen LogP contribution is -2.47. The molecule has 0 aliphatic rings. The van der Waals surface area contributed by atoms with Crippen molar-refractivity contribution in [2.75, 3.05) is 19.8 Å². The van der Waals surface area contributed by atoms with E-state index in [1.807, 2.05) is 12.2 Å². The summed E-state index contributed by atoms with van der Waals surface area (Å²) >= 11 is 0. The number of unbranched alkanes of at least 4 members (excludes halogenated alkanes) is 1. The Morgan fingerprint density at radius 1 is 0.660 bits per heavy atom. The van der Waals surface area contributed by atoms with Crippen molar-refractivity contribution in [3.05, 3.63) is 85.1 Å². The molecule has 1 unspecified atom stereocenters. The maximum Gasteiger partial charge on any atom is 0.330 e. The van der Waals surface area contributed by atoms with Gasteiger partial charge in [-0.25, -0.2) is 4.79 Å². The molecular formula is C37H56N2O8. The molecule has 0 saturated heterocycles. The van der Waals surface area contributed by atoms with E-state index in [2.05, 4.69) is 78.3 Å². The molecule has 0 rings (SSSR count). The number of hydrogen-bond donors (Lipinski definition) is 4. The monoisotopic (exact) mass is 656 g/mol. The van der Waals surface area contributed by atoms with Gasteiger partial charge in [0.15, 0.2) is 0 Å². The van der Waals surface area contributed by atoms with E-state index in [1.165, 1.54) is 0 Å². The second-order valence-electron chi connectivity index (χ2n) is 10.4. The highest BCUT2D eigenvalue weighted by Gasteiger charge is 2.16. The summed E-state index contributed by atoms with van der Waals surface area (Å²) in [6, 6.07) is 0. The normalized spacial score (nSPS) is 13.0. The molecule has 2 amide bonds. The van der Waals surface area contributed by atoms with Crippen LogP contribution in [0.2, 0.25) is 0 Å². The minimum Gasteiger partial charge on any atom is -0.463 e. The van der Waals surface area contributed by atoms with Crippen molar-refractivity contribution >= 4 is 23.8 Å². The van der Waals surface area contributed by atoms with Crippen molar-refractivity contribution in [1.82, 2.24) is 10.6 Å². The Morgan fingerprint density at radius 2 is 1.19 bits per heavy atom. The van der Waals surface area contributed by atoms with Gasteiger partial charge in [0.05, 0.1) is 19.8 Å². The summed E-state index contributed by atoms with van der Waals surface area (Å²) in [6.07, 6.45) is 33.4. The van der Waals surface area contributed by atoms with Crippen molar-refractivity contribution < 1.29 is 38.9 Å². The molecule has 0 spiro atoms. The maximum absolute atomic E-state index is 12.6. The number of allylic oxidation sites excluding steroid dienone is 12. The minimum absolute atomic E-state index is 0.0521. The Hall–Kier alpha value is -4.02. The molecule has 0 radical (unpaired) electrons. The third kappa shape index (κ3) is 29.1. The van der Waals surface area contributed by atoms with Gasteiger partial charge in [-0.15, -0.1) is 0 Å². The van der Waals surface area contributed by atoms with Gasteiger partial charge in [-0.3, -0.25) is 14.4 Å². The molecule has 47 heavy (non-hydrogen) atoms. The van der Waals surface area contributed by atoms with Crippen LogP contribution in [0.5, 0.6) is 0 Å². The van der Waals surface area contributed by atoms with E-state index in [0.29, 0.717) is 25.7 Å². The molecule has 0 aromatic carbocycles. The fourth-order valence-corrected chi connectivity index (χ4v) is 3.85. The zero-order valence-electron chi connectivity index (χ0n) is 28.2. The number of ether oxygens (including phenoxy) is 2. The topological polar surface area (TPSA) is 151 Å². The van der Waals surface area contributed by atoms with Crippen LogP contribution >= 0.6 is 0 Å². The van der Waals surface area contributed by atoms with Gasteiger partial charge in [0.25, 0.3) is 0 Å². The van der Waals surface area contributed by atoms with Crippen LogP contribution in [0.1, 0.15) is 90.9 Å². The molecule has 0 bridgehead atoms. The first kappa shape index (κ1) is 43.0. The van der Waals surface area contributed by atoms with Crippen LogP contribution in [-0.4, -0.2) is 66.1 Å². The Morgan fingerprint density at radius 3 is 1.70 bits per heavy atom. The van der Waals surface area contributed by atoms with E-state index in [4.69, 9.17) is 19.7 Å². The van der Waals surface area contributed by atoms with Crippen LogP contribution in [-0.2, 0) is 28.7 Å². The second-order valence-corrected chi connectivity index (χ2v) is 10.4. The van der Waals surface area contributed by atoms with Gasteiger partial charge in [0.2, 0.25) is 11.8 Å². The van der Waals surface area contributed by atoms with Crippen LogP contribution in [0.4, 0.5) is 0 Å². The van der Waals surface area contributed by atoms with Crippen LogP contribution in [0.15, 0.2) is 85.1 Å². The summed E-state index contributed by atoms with van der Waals surface area (Å²) in [6.45, 7) is 3.02. The average Bonchev–Trinajstić information content (AvgIpc) is 3.05. The number of aliphatic hydroxyl groups excluding tert-OH is 2. The molecule has 0 saturated carbocycles. The Labute approximate surface area is 281 Å². The summed E-state index contributed by atoms with van der Waals surface area (Å²) in [7, 11) is 0. The van der Waals surface area contributed by atoms with Gasteiger partial charge in [-0.1, -0.05) is 79.8 Å². The highest BCUT2D eigenvalue weighted by Crippen LogP contribution is 2.06. The first-order valence-electron chi connectivity index (χ1n) is 16.6. The summed E-state index contributed by atoms with van der Waals surface area (Å²) < 4.78 is 9.71. The van der Waals surface area contributed by atoms with Gasteiger partial charge >= 0.3 is 11.9 Å². The van der Waals surface area contributed by atoms with Gasteiger partial charge < -0.3 is 30.3 Å². The zero-order chi connectivity index (χ0) is 34.8. The lowest BCUT2D eigenvalue weighted by atomic mass is 10.1. The number of esters is 2. The quantitative estimate of drug-likeness (QED) is 0.0293. The number of amides is 2. The van der Waals surface area contributed by atoms with E-state index in [9.17, 15) is 19.2 Å². The van der Waals surface area contributed by atoms with Crippen LogP contribution < -0.4 is 10.6 Å². The van der Waals surface area contributed by atoms with Gasteiger partial charge in [-0.2, -0.15) is 0 Å². The zero-order valence-corrected chi connectivity index (χ0v) is 28.2. The number of aliphatic hydroxyl groups is 2. The predicted molar refractivity (Wildman–Crippen MR) is 186 cm³/mol. The van der Waals surface area contributed by atoms with E-state index in [1.54, 1.807) is 6.92 Å². The molecule has 0 aliphatic carbocycles.